The van der Waals surface area contributed by atoms with Gasteiger partial charge < -0.3 is 15.2 Å². The number of aliphatic carboxylic acids is 1. The third-order valence-corrected chi connectivity index (χ3v) is 2.57. The van der Waals surface area contributed by atoms with Crippen LogP contribution in [-0.2, 0) is 14.3 Å². The summed E-state index contributed by atoms with van der Waals surface area (Å²) in [7, 11) is 0. The molecule has 0 aromatic rings. The number of carboxylic acid groups (broad SMARTS) is 1. The van der Waals surface area contributed by atoms with Gasteiger partial charge in [-0.2, -0.15) is 0 Å². The Balaban J connectivity index is 2.22. The van der Waals surface area contributed by atoms with Crippen molar-refractivity contribution in [2.24, 2.45) is 5.92 Å². The van der Waals surface area contributed by atoms with Gasteiger partial charge in [-0.3, -0.25) is 14.9 Å². The van der Waals surface area contributed by atoms with Crippen molar-refractivity contribution in [1.82, 2.24) is 10.6 Å². The summed E-state index contributed by atoms with van der Waals surface area (Å²) in [6, 6.07) is -0.618. The van der Waals surface area contributed by atoms with E-state index in [1.165, 1.54) is 0 Å². The molecule has 1 fully saturated rings. The molecule has 1 aliphatic rings. The van der Waals surface area contributed by atoms with E-state index in [1.807, 2.05) is 0 Å². The maximum absolute atomic E-state index is 11.4. The van der Waals surface area contributed by atoms with Crippen molar-refractivity contribution >= 4 is 17.9 Å². The Bertz CT molecular complexity index is 325. The van der Waals surface area contributed by atoms with Crippen LogP contribution in [0.2, 0.25) is 0 Å². The average molecular weight is 258 g/mol. The van der Waals surface area contributed by atoms with Gasteiger partial charge in [0.2, 0.25) is 5.91 Å². The van der Waals surface area contributed by atoms with E-state index in [0.717, 1.165) is 6.42 Å². The molecule has 18 heavy (non-hydrogen) atoms. The lowest BCUT2D eigenvalue weighted by Gasteiger charge is -2.12. The van der Waals surface area contributed by atoms with E-state index in [4.69, 9.17) is 9.84 Å². The predicted molar refractivity (Wildman–Crippen MR) is 61.9 cm³/mol. The highest BCUT2D eigenvalue weighted by molar-refractivity contribution is 5.94. The summed E-state index contributed by atoms with van der Waals surface area (Å²) in [5.74, 6) is -1.73. The topological polar surface area (TPSA) is 105 Å². The number of hydrogen-bond acceptors (Lipinski definition) is 4. The second kappa shape index (κ2) is 6.95. The first-order valence-electron chi connectivity index (χ1n) is 5.87. The molecule has 2 atom stereocenters. The van der Waals surface area contributed by atoms with Gasteiger partial charge in [0.15, 0.2) is 0 Å². The summed E-state index contributed by atoms with van der Waals surface area (Å²) in [6.07, 6.45) is 0.656. The third kappa shape index (κ3) is 5.62. The van der Waals surface area contributed by atoms with Crippen molar-refractivity contribution in [3.8, 4) is 0 Å². The normalized spacial score (nSPS) is 20.2. The highest BCUT2D eigenvalue weighted by Crippen LogP contribution is 2.07. The Morgan fingerprint density at radius 3 is 2.67 bits per heavy atom. The van der Waals surface area contributed by atoms with Gasteiger partial charge in [0.1, 0.15) is 0 Å². The van der Waals surface area contributed by atoms with Crippen LogP contribution in [0.25, 0.3) is 0 Å². The first-order chi connectivity index (χ1) is 8.47. The van der Waals surface area contributed by atoms with Crippen LogP contribution in [-0.4, -0.2) is 42.3 Å². The number of carbonyl (C=O) groups excluding carboxylic acids is 2. The molecular formula is C11H18N2O5. The number of carbonyl (C=O) groups is 3. The molecule has 0 aliphatic carbocycles. The van der Waals surface area contributed by atoms with Gasteiger partial charge in [0.25, 0.3) is 0 Å². The van der Waals surface area contributed by atoms with E-state index in [-0.39, 0.29) is 24.8 Å². The molecule has 1 heterocycles. The maximum atomic E-state index is 11.4. The predicted octanol–water partition coefficient (Wildman–Crippen LogP) is 0.102. The van der Waals surface area contributed by atoms with Crippen LogP contribution in [0.3, 0.4) is 0 Å². The van der Waals surface area contributed by atoms with E-state index in [2.05, 4.69) is 10.6 Å². The largest absolute Gasteiger partial charge is 0.481 e. The summed E-state index contributed by atoms with van der Waals surface area (Å²) in [5, 5.41) is 13.3. The fourth-order valence-electron chi connectivity index (χ4n) is 1.73. The molecule has 1 aliphatic heterocycles. The van der Waals surface area contributed by atoms with Gasteiger partial charge in [0, 0.05) is 19.4 Å². The monoisotopic (exact) mass is 258 g/mol. The number of ether oxygens (including phenoxy) is 1. The summed E-state index contributed by atoms with van der Waals surface area (Å²) >= 11 is 0. The van der Waals surface area contributed by atoms with Crippen LogP contribution in [0.5, 0.6) is 0 Å². The molecule has 3 N–H and O–H groups in total. The highest BCUT2D eigenvalue weighted by atomic mass is 16.5. The molecule has 0 aromatic heterocycles. The molecule has 0 saturated carbocycles. The molecule has 7 heteroatoms. The third-order valence-electron chi connectivity index (χ3n) is 2.57. The fraction of sp³-hybridized carbons (Fsp3) is 0.727. The van der Waals surface area contributed by atoms with Crippen molar-refractivity contribution in [2.45, 2.75) is 32.2 Å². The molecule has 1 rings (SSSR count). The molecule has 0 radical (unpaired) electrons. The van der Waals surface area contributed by atoms with Crippen LogP contribution in [0.4, 0.5) is 4.79 Å². The molecule has 0 aromatic carbocycles. The number of nitrogens with one attached hydrogen (secondary N) is 2. The maximum Gasteiger partial charge on any atom is 0.321 e. The van der Waals surface area contributed by atoms with E-state index < -0.39 is 17.9 Å². The van der Waals surface area contributed by atoms with Gasteiger partial charge in [0.05, 0.1) is 12.6 Å². The van der Waals surface area contributed by atoms with Crippen LogP contribution in [0, 0.1) is 5.92 Å². The standard InChI is InChI=1S/C11H18N2O5/c1-7(5-10(15)16)4-9(14)13-11(17)12-8-2-3-18-6-8/h7-8H,2-6H2,1H3,(H,15,16)(H2,12,13,14,17). The van der Waals surface area contributed by atoms with Crippen molar-refractivity contribution in [2.75, 3.05) is 13.2 Å². The molecule has 102 valence electrons. The smallest absolute Gasteiger partial charge is 0.321 e. The summed E-state index contributed by atoms with van der Waals surface area (Å²) < 4.78 is 5.08. The molecule has 0 bridgehead atoms. The molecule has 2 unspecified atom stereocenters. The van der Waals surface area contributed by atoms with Gasteiger partial charge in [-0.15, -0.1) is 0 Å². The Hall–Kier alpha value is -1.63. The number of carboxylic acids is 1. The van der Waals surface area contributed by atoms with Crippen LogP contribution >= 0.6 is 0 Å². The van der Waals surface area contributed by atoms with E-state index >= 15 is 0 Å². The minimum Gasteiger partial charge on any atom is -0.481 e. The minimum atomic E-state index is -0.956. The van der Waals surface area contributed by atoms with E-state index in [0.29, 0.717) is 13.2 Å². The van der Waals surface area contributed by atoms with Crippen molar-refractivity contribution < 1.29 is 24.2 Å². The number of rotatable bonds is 5. The van der Waals surface area contributed by atoms with Crippen molar-refractivity contribution in [1.29, 1.82) is 0 Å². The summed E-state index contributed by atoms with van der Waals surface area (Å²) in [5.41, 5.74) is 0. The minimum absolute atomic E-state index is 0.0148. The fourth-order valence-corrected chi connectivity index (χ4v) is 1.73. The molecule has 3 amide bonds. The van der Waals surface area contributed by atoms with Crippen LogP contribution in [0.15, 0.2) is 0 Å². The molecule has 1 saturated heterocycles. The lowest BCUT2D eigenvalue weighted by atomic mass is 10.0. The van der Waals surface area contributed by atoms with Crippen LogP contribution < -0.4 is 10.6 Å². The quantitative estimate of drug-likeness (QED) is 0.648. The molecule has 0 spiro atoms. The Morgan fingerprint density at radius 2 is 2.11 bits per heavy atom. The lowest BCUT2D eigenvalue weighted by Crippen LogP contribution is -2.45. The zero-order valence-electron chi connectivity index (χ0n) is 10.3. The number of imide groups is 1. The van der Waals surface area contributed by atoms with Gasteiger partial charge >= 0.3 is 12.0 Å². The Labute approximate surface area is 105 Å². The Kier molecular flexibility index (Phi) is 5.57. The van der Waals surface area contributed by atoms with Gasteiger partial charge in [-0.25, -0.2) is 4.79 Å². The van der Waals surface area contributed by atoms with E-state index in [1.54, 1.807) is 6.92 Å². The van der Waals surface area contributed by atoms with Gasteiger partial charge in [-0.1, -0.05) is 6.92 Å². The zero-order chi connectivity index (χ0) is 13.5. The zero-order valence-corrected chi connectivity index (χ0v) is 10.3. The summed E-state index contributed by atoms with van der Waals surface area (Å²) in [6.45, 7) is 2.71. The number of urea groups is 1. The second-order valence-electron chi connectivity index (χ2n) is 4.49. The lowest BCUT2D eigenvalue weighted by molar-refractivity contribution is -0.138. The average Bonchev–Trinajstić information content (AvgIpc) is 2.67. The first-order valence-corrected chi connectivity index (χ1v) is 5.87. The summed E-state index contributed by atoms with van der Waals surface area (Å²) in [4.78, 5) is 33.2. The van der Waals surface area contributed by atoms with E-state index in [9.17, 15) is 14.4 Å². The highest BCUT2D eigenvalue weighted by Gasteiger charge is 2.19. The van der Waals surface area contributed by atoms with Crippen molar-refractivity contribution in [3.63, 3.8) is 0 Å². The second-order valence-corrected chi connectivity index (χ2v) is 4.49. The van der Waals surface area contributed by atoms with Gasteiger partial charge in [-0.05, 0) is 12.3 Å². The number of hydrogen-bond donors (Lipinski definition) is 3. The van der Waals surface area contributed by atoms with Crippen LogP contribution in [0.1, 0.15) is 26.2 Å². The molecular weight excluding hydrogens is 240 g/mol. The Morgan fingerprint density at radius 1 is 1.39 bits per heavy atom. The first kappa shape index (κ1) is 14.4. The molecule has 7 nitrogen and oxygen atoms in total. The van der Waals surface area contributed by atoms with Crippen molar-refractivity contribution in [3.05, 3.63) is 0 Å². The SMILES string of the molecule is CC(CC(=O)O)CC(=O)NC(=O)NC1CCOC1. The number of amides is 3.